The van der Waals surface area contributed by atoms with Crippen molar-refractivity contribution in [3.05, 3.63) is 65.9 Å². The molecule has 2 aliphatic rings. The molecule has 0 saturated carbocycles. The summed E-state index contributed by atoms with van der Waals surface area (Å²) in [7, 11) is 0. The van der Waals surface area contributed by atoms with Crippen molar-refractivity contribution in [2.45, 2.75) is 19.4 Å². The zero-order valence-electron chi connectivity index (χ0n) is 16.1. The molecule has 3 aromatic rings. The summed E-state index contributed by atoms with van der Waals surface area (Å²) in [6.45, 7) is 4.41. The Labute approximate surface area is 167 Å². The summed E-state index contributed by atoms with van der Waals surface area (Å²) in [6.07, 6.45) is 5.76. The molecule has 148 valence electrons. The Morgan fingerprint density at radius 3 is 2.76 bits per heavy atom. The number of aryl methyl sites for hydroxylation is 1. The van der Waals surface area contributed by atoms with E-state index in [1.54, 1.807) is 12.1 Å². The zero-order chi connectivity index (χ0) is 20.0. The van der Waals surface area contributed by atoms with Crippen molar-refractivity contribution in [3.8, 4) is 5.69 Å². The lowest BCUT2D eigenvalue weighted by Crippen LogP contribution is -2.66. The fourth-order valence-electron chi connectivity index (χ4n) is 4.31. The first-order valence-corrected chi connectivity index (χ1v) is 9.75. The largest absolute Gasteiger partial charge is 0.355 e. The molecule has 0 unspecified atom stereocenters. The maximum Gasteiger partial charge on any atom is 0.256 e. The van der Waals surface area contributed by atoms with Crippen LogP contribution in [0.25, 0.3) is 5.69 Å². The first-order valence-electron chi connectivity index (χ1n) is 9.75. The molecule has 1 amide bonds. The number of fused-ring (bicyclic) bond motifs is 1. The number of piperidine rings is 1. The van der Waals surface area contributed by atoms with Crippen LogP contribution in [0, 0.1) is 18.7 Å². The van der Waals surface area contributed by atoms with Crippen LogP contribution in [-0.4, -0.2) is 56.5 Å². The number of hydrogen-bond acceptors (Lipinski definition) is 5. The third-order valence-electron chi connectivity index (χ3n) is 5.87. The molecule has 7 nitrogen and oxygen atoms in total. The van der Waals surface area contributed by atoms with E-state index in [2.05, 4.69) is 26.1 Å². The second kappa shape index (κ2) is 6.95. The highest BCUT2D eigenvalue weighted by molar-refractivity contribution is 5.98. The number of rotatable bonds is 3. The summed E-state index contributed by atoms with van der Waals surface area (Å²) < 4.78 is 14.5. The number of hydrogen-bond donors (Lipinski definition) is 0. The number of halogens is 1. The van der Waals surface area contributed by atoms with Gasteiger partial charge in [0.1, 0.15) is 11.5 Å². The molecule has 0 N–H and O–H groups in total. The van der Waals surface area contributed by atoms with Crippen LogP contribution in [-0.2, 0) is 0 Å². The third-order valence-corrected chi connectivity index (χ3v) is 5.87. The molecule has 0 bridgehead atoms. The van der Waals surface area contributed by atoms with Crippen molar-refractivity contribution in [1.29, 1.82) is 0 Å². The smallest absolute Gasteiger partial charge is 0.256 e. The Morgan fingerprint density at radius 2 is 1.97 bits per heavy atom. The van der Waals surface area contributed by atoms with Crippen LogP contribution in [0.2, 0.25) is 0 Å². The minimum absolute atomic E-state index is 0.0963. The number of pyridine rings is 1. The molecule has 4 heterocycles. The summed E-state index contributed by atoms with van der Waals surface area (Å²) in [6, 6.07) is 8.65. The number of nitrogens with zero attached hydrogens (tertiary/aromatic N) is 6. The minimum Gasteiger partial charge on any atom is -0.355 e. The lowest BCUT2D eigenvalue weighted by molar-refractivity contribution is 0.00774. The zero-order valence-corrected chi connectivity index (χ0v) is 16.1. The molecule has 29 heavy (non-hydrogen) atoms. The standard InChI is InChI=1S/C21H21FN6O/c1-14-5-7-23-19(11-14)26-10-6-15-12-27(18(15)13-26)21(29)16-3-2-4-17(22)20(16)28-24-8-9-25-28/h2-5,7-9,11,15,18H,6,10,12-13H2,1H3/t15-,18-/m1/s1. The molecule has 2 aliphatic heterocycles. The highest BCUT2D eigenvalue weighted by atomic mass is 19.1. The number of carbonyl (C=O) groups excluding carboxylic acids is 1. The normalized spacial score (nSPS) is 20.9. The van der Waals surface area contributed by atoms with E-state index < -0.39 is 5.82 Å². The summed E-state index contributed by atoms with van der Waals surface area (Å²) in [5.74, 6) is 0.713. The SMILES string of the molecule is Cc1ccnc(N2CC[C@@H]3CN(C(=O)c4cccc(F)c4-n4nccn4)[C@@H]3C2)c1. The van der Waals surface area contributed by atoms with Gasteiger partial charge in [-0.2, -0.15) is 10.2 Å². The van der Waals surface area contributed by atoms with Gasteiger partial charge in [-0.05, 0) is 43.2 Å². The molecular formula is C21H21FN6O. The van der Waals surface area contributed by atoms with Crippen molar-refractivity contribution in [2.75, 3.05) is 24.5 Å². The predicted octanol–water partition coefficient (Wildman–Crippen LogP) is 2.46. The van der Waals surface area contributed by atoms with Crippen molar-refractivity contribution < 1.29 is 9.18 Å². The van der Waals surface area contributed by atoms with Gasteiger partial charge in [-0.1, -0.05) is 6.07 Å². The summed E-state index contributed by atoms with van der Waals surface area (Å²) in [5.41, 5.74) is 1.54. The van der Waals surface area contributed by atoms with Crippen molar-refractivity contribution in [1.82, 2.24) is 24.9 Å². The lowest BCUT2D eigenvalue weighted by Gasteiger charge is -2.53. The Hall–Kier alpha value is -3.29. The van der Waals surface area contributed by atoms with Gasteiger partial charge >= 0.3 is 0 Å². The number of para-hydroxylation sites is 1. The van der Waals surface area contributed by atoms with Gasteiger partial charge in [0.2, 0.25) is 0 Å². The van der Waals surface area contributed by atoms with Crippen LogP contribution < -0.4 is 4.90 Å². The molecule has 0 spiro atoms. The highest BCUT2D eigenvalue weighted by Crippen LogP contribution is 2.36. The van der Waals surface area contributed by atoms with E-state index >= 15 is 0 Å². The first kappa shape index (κ1) is 17.8. The number of aromatic nitrogens is 4. The van der Waals surface area contributed by atoms with Gasteiger partial charge in [0.05, 0.1) is 24.0 Å². The van der Waals surface area contributed by atoms with E-state index in [1.165, 1.54) is 23.3 Å². The minimum atomic E-state index is -0.515. The molecule has 2 saturated heterocycles. The quantitative estimate of drug-likeness (QED) is 0.685. The van der Waals surface area contributed by atoms with Crippen LogP contribution in [0.3, 0.4) is 0 Å². The Kier molecular flexibility index (Phi) is 4.26. The molecule has 2 atom stereocenters. The molecule has 1 aromatic carbocycles. The molecule has 2 fully saturated rings. The summed E-state index contributed by atoms with van der Waals surface area (Å²) in [4.78, 5) is 23.0. The Balaban J connectivity index is 1.40. The van der Waals surface area contributed by atoms with Gasteiger partial charge in [-0.3, -0.25) is 4.79 Å². The number of likely N-dealkylation sites (tertiary alicyclic amines) is 1. The summed E-state index contributed by atoms with van der Waals surface area (Å²) >= 11 is 0. The number of anilines is 1. The fourth-order valence-corrected chi connectivity index (χ4v) is 4.31. The fraction of sp³-hybridized carbons (Fsp3) is 0.333. The second-order valence-corrected chi connectivity index (χ2v) is 7.67. The monoisotopic (exact) mass is 392 g/mol. The van der Waals surface area contributed by atoms with Crippen LogP contribution in [0.5, 0.6) is 0 Å². The van der Waals surface area contributed by atoms with Crippen molar-refractivity contribution in [3.63, 3.8) is 0 Å². The van der Waals surface area contributed by atoms with Crippen molar-refractivity contribution in [2.24, 2.45) is 5.92 Å². The maximum absolute atomic E-state index is 14.5. The highest BCUT2D eigenvalue weighted by Gasteiger charge is 2.46. The van der Waals surface area contributed by atoms with Gasteiger partial charge in [0.15, 0.2) is 5.82 Å². The third kappa shape index (κ3) is 3.04. The average Bonchev–Trinajstić information content (AvgIpc) is 3.23. The van der Waals surface area contributed by atoms with Crippen LogP contribution in [0.15, 0.2) is 48.9 Å². The number of amides is 1. The molecular weight excluding hydrogens is 371 g/mol. The first-order chi connectivity index (χ1) is 14.1. The lowest BCUT2D eigenvalue weighted by atomic mass is 9.81. The topological polar surface area (TPSA) is 67.2 Å². The van der Waals surface area contributed by atoms with E-state index in [0.717, 1.165) is 30.9 Å². The van der Waals surface area contributed by atoms with Gasteiger partial charge < -0.3 is 9.80 Å². The Morgan fingerprint density at radius 1 is 1.14 bits per heavy atom. The molecule has 0 aliphatic carbocycles. The van der Waals surface area contributed by atoms with Gasteiger partial charge in [-0.25, -0.2) is 9.37 Å². The van der Waals surface area contributed by atoms with Crippen LogP contribution in [0.4, 0.5) is 10.2 Å². The average molecular weight is 392 g/mol. The molecule has 2 aromatic heterocycles. The molecule has 0 radical (unpaired) electrons. The van der Waals surface area contributed by atoms with E-state index in [-0.39, 0.29) is 23.2 Å². The van der Waals surface area contributed by atoms with E-state index in [4.69, 9.17) is 0 Å². The van der Waals surface area contributed by atoms with E-state index in [0.29, 0.717) is 12.5 Å². The maximum atomic E-state index is 14.5. The molecule has 8 heteroatoms. The van der Waals surface area contributed by atoms with Gasteiger partial charge in [-0.15, -0.1) is 4.80 Å². The Bertz CT molecular complexity index is 1050. The summed E-state index contributed by atoms with van der Waals surface area (Å²) in [5, 5.41) is 8.03. The van der Waals surface area contributed by atoms with Crippen LogP contribution in [0.1, 0.15) is 22.3 Å². The van der Waals surface area contributed by atoms with Crippen molar-refractivity contribution >= 4 is 11.7 Å². The molecule has 5 rings (SSSR count). The number of carbonyl (C=O) groups is 1. The van der Waals surface area contributed by atoms with Gasteiger partial charge in [0, 0.05) is 31.7 Å². The number of benzene rings is 1. The van der Waals surface area contributed by atoms with E-state index in [1.807, 2.05) is 24.1 Å². The van der Waals surface area contributed by atoms with Gasteiger partial charge in [0.25, 0.3) is 5.91 Å². The second-order valence-electron chi connectivity index (χ2n) is 7.67. The predicted molar refractivity (Wildman–Crippen MR) is 105 cm³/mol. The van der Waals surface area contributed by atoms with E-state index in [9.17, 15) is 9.18 Å². The van der Waals surface area contributed by atoms with Crippen LogP contribution >= 0.6 is 0 Å².